The van der Waals surface area contributed by atoms with Crippen molar-refractivity contribution in [3.63, 3.8) is 0 Å². The average Bonchev–Trinajstić information content (AvgIpc) is 2.75. The fourth-order valence-corrected chi connectivity index (χ4v) is 2.27. The first-order chi connectivity index (χ1) is 11.9. The number of nitrogens with one attached hydrogen (secondary N) is 1. The third-order valence-electron chi connectivity index (χ3n) is 3.40. The number of rotatable bonds is 3. The number of aromatic nitrogens is 2. The van der Waals surface area contributed by atoms with Crippen molar-refractivity contribution >= 4 is 23.2 Å². The number of anilines is 1. The predicted molar refractivity (Wildman–Crippen MR) is 76.6 cm³/mol. The summed E-state index contributed by atoms with van der Waals surface area (Å²) >= 11 is 5.85. The zero-order valence-electron chi connectivity index (χ0n) is 13.0. The summed E-state index contributed by atoms with van der Waals surface area (Å²) in [5.41, 5.74) is -3.73. The standard InChI is InChI=1S/C14H9ClF7N3O/c1-4-8(15)5(2)25(24-4)3-6(26)23-13-11(18)9(16)7(14(20,21)22)10(17)12(13)19/h3H2,1-2H3,(H,23,26). The maximum atomic E-state index is 13.7. The summed E-state index contributed by atoms with van der Waals surface area (Å²) in [6.45, 7) is 2.35. The van der Waals surface area contributed by atoms with E-state index in [-0.39, 0.29) is 5.02 Å². The molecule has 1 aromatic carbocycles. The van der Waals surface area contributed by atoms with Gasteiger partial charge in [0.2, 0.25) is 5.91 Å². The Balaban J connectivity index is 2.38. The number of nitrogens with zero attached hydrogens (tertiary/aromatic N) is 2. The van der Waals surface area contributed by atoms with E-state index in [1.807, 2.05) is 0 Å². The van der Waals surface area contributed by atoms with Crippen molar-refractivity contribution in [2.75, 3.05) is 5.32 Å². The van der Waals surface area contributed by atoms with Gasteiger partial charge in [-0.05, 0) is 13.8 Å². The van der Waals surface area contributed by atoms with Gasteiger partial charge in [-0.2, -0.15) is 18.3 Å². The minimum Gasteiger partial charge on any atom is -0.319 e. The zero-order chi connectivity index (χ0) is 20.0. The molecule has 0 aliphatic heterocycles. The molecule has 1 amide bonds. The van der Waals surface area contributed by atoms with Crippen LogP contribution in [0.2, 0.25) is 5.02 Å². The van der Waals surface area contributed by atoms with E-state index in [1.165, 1.54) is 19.2 Å². The van der Waals surface area contributed by atoms with Crippen LogP contribution in [0.15, 0.2) is 0 Å². The molecule has 0 saturated heterocycles. The van der Waals surface area contributed by atoms with Gasteiger partial charge in [-0.25, -0.2) is 17.6 Å². The van der Waals surface area contributed by atoms with Crippen LogP contribution in [0.25, 0.3) is 0 Å². The number of benzene rings is 1. The molecule has 0 bridgehead atoms. The lowest BCUT2D eigenvalue weighted by Gasteiger charge is -2.14. The van der Waals surface area contributed by atoms with Crippen LogP contribution in [0.1, 0.15) is 17.0 Å². The Bertz CT molecular complexity index is 863. The predicted octanol–water partition coefficient (Wildman–Crippen LogP) is 4.37. The van der Waals surface area contributed by atoms with Crippen LogP contribution < -0.4 is 5.32 Å². The molecule has 1 N–H and O–H groups in total. The van der Waals surface area contributed by atoms with Crippen molar-refractivity contribution in [2.45, 2.75) is 26.6 Å². The molecule has 1 heterocycles. The third kappa shape index (κ3) is 3.48. The van der Waals surface area contributed by atoms with Crippen molar-refractivity contribution in [3.8, 4) is 0 Å². The van der Waals surface area contributed by atoms with Crippen molar-refractivity contribution in [1.29, 1.82) is 0 Å². The number of amides is 1. The summed E-state index contributed by atoms with van der Waals surface area (Å²) in [5.74, 6) is -11.3. The largest absolute Gasteiger partial charge is 0.422 e. The summed E-state index contributed by atoms with van der Waals surface area (Å²) in [6.07, 6.45) is -5.67. The van der Waals surface area contributed by atoms with Crippen LogP contribution in [0.5, 0.6) is 0 Å². The van der Waals surface area contributed by atoms with E-state index in [2.05, 4.69) is 5.10 Å². The van der Waals surface area contributed by atoms with Gasteiger partial charge in [0, 0.05) is 0 Å². The van der Waals surface area contributed by atoms with Gasteiger partial charge in [-0.15, -0.1) is 0 Å². The molecular weight excluding hydrogens is 395 g/mol. The second-order valence-electron chi connectivity index (χ2n) is 5.19. The second-order valence-corrected chi connectivity index (χ2v) is 5.57. The highest BCUT2D eigenvalue weighted by Gasteiger charge is 2.42. The molecule has 0 aliphatic rings. The second kappa shape index (κ2) is 6.78. The van der Waals surface area contributed by atoms with Gasteiger partial charge in [-0.1, -0.05) is 11.6 Å². The molecular formula is C14H9ClF7N3O. The van der Waals surface area contributed by atoms with E-state index in [0.717, 1.165) is 4.68 Å². The Morgan fingerprint density at radius 2 is 1.58 bits per heavy atom. The number of hydrogen-bond donors (Lipinski definition) is 1. The molecule has 0 unspecified atom stereocenters. The van der Waals surface area contributed by atoms with E-state index < -0.39 is 53.1 Å². The van der Waals surface area contributed by atoms with E-state index in [1.54, 1.807) is 0 Å². The van der Waals surface area contributed by atoms with Crippen molar-refractivity contribution < 1.29 is 35.5 Å². The first kappa shape index (κ1) is 20.0. The summed E-state index contributed by atoms with van der Waals surface area (Å²) in [6, 6.07) is 0. The highest BCUT2D eigenvalue weighted by atomic mass is 35.5. The van der Waals surface area contributed by atoms with E-state index in [4.69, 9.17) is 11.6 Å². The average molecular weight is 404 g/mol. The van der Waals surface area contributed by atoms with Crippen LogP contribution >= 0.6 is 11.6 Å². The molecule has 2 rings (SSSR count). The number of carbonyl (C=O) groups excluding carboxylic acids is 1. The summed E-state index contributed by atoms with van der Waals surface area (Å²) in [5, 5.41) is 5.58. The quantitative estimate of drug-likeness (QED) is 0.611. The number of alkyl halides is 3. The van der Waals surface area contributed by atoms with Crippen molar-refractivity contribution in [2.24, 2.45) is 0 Å². The Morgan fingerprint density at radius 3 is 1.96 bits per heavy atom. The van der Waals surface area contributed by atoms with Gasteiger partial charge in [0.25, 0.3) is 0 Å². The third-order valence-corrected chi connectivity index (χ3v) is 3.94. The van der Waals surface area contributed by atoms with Crippen LogP contribution in [0.3, 0.4) is 0 Å². The molecule has 12 heteroatoms. The Labute approximate surface area is 146 Å². The minimum atomic E-state index is -5.67. The van der Waals surface area contributed by atoms with Gasteiger partial charge in [0.1, 0.15) is 17.8 Å². The lowest BCUT2D eigenvalue weighted by Crippen LogP contribution is -2.24. The molecule has 4 nitrogen and oxygen atoms in total. The molecule has 0 fully saturated rings. The lowest BCUT2D eigenvalue weighted by molar-refractivity contribution is -0.143. The number of hydrogen-bond acceptors (Lipinski definition) is 2. The number of aryl methyl sites for hydroxylation is 1. The first-order valence-electron chi connectivity index (χ1n) is 6.78. The maximum absolute atomic E-state index is 13.7. The maximum Gasteiger partial charge on any atom is 0.422 e. The van der Waals surface area contributed by atoms with E-state index in [0.29, 0.717) is 11.4 Å². The molecule has 1 aromatic heterocycles. The van der Waals surface area contributed by atoms with Gasteiger partial charge in [-0.3, -0.25) is 9.48 Å². The molecule has 0 saturated carbocycles. The Hall–Kier alpha value is -2.30. The first-order valence-corrected chi connectivity index (χ1v) is 7.16. The molecule has 2 aromatic rings. The van der Waals surface area contributed by atoms with Gasteiger partial charge >= 0.3 is 6.18 Å². The van der Waals surface area contributed by atoms with E-state index >= 15 is 0 Å². The van der Waals surface area contributed by atoms with Crippen molar-refractivity contribution in [3.05, 3.63) is 45.2 Å². The highest BCUT2D eigenvalue weighted by Crippen LogP contribution is 2.38. The monoisotopic (exact) mass is 403 g/mol. The molecule has 142 valence electrons. The lowest BCUT2D eigenvalue weighted by atomic mass is 10.1. The van der Waals surface area contributed by atoms with Crippen LogP contribution in [0.4, 0.5) is 36.4 Å². The van der Waals surface area contributed by atoms with Gasteiger partial charge in [0.05, 0.1) is 16.4 Å². The topological polar surface area (TPSA) is 46.9 Å². The van der Waals surface area contributed by atoms with Gasteiger partial charge in [0.15, 0.2) is 23.3 Å². The smallest absolute Gasteiger partial charge is 0.319 e. The zero-order valence-corrected chi connectivity index (χ0v) is 13.8. The minimum absolute atomic E-state index is 0.224. The van der Waals surface area contributed by atoms with E-state index in [9.17, 15) is 35.5 Å². The highest BCUT2D eigenvalue weighted by molar-refractivity contribution is 6.31. The molecule has 0 aliphatic carbocycles. The molecule has 0 radical (unpaired) electrons. The SMILES string of the molecule is Cc1nn(CC(=O)Nc2c(F)c(F)c(C(F)(F)F)c(F)c2F)c(C)c1Cl. The number of carbonyl (C=O) groups is 1. The fraction of sp³-hybridized carbons (Fsp3) is 0.286. The normalized spacial score (nSPS) is 11.8. The fourth-order valence-electron chi connectivity index (χ4n) is 2.13. The molecule has 26 heavy (non-hydrogen) atoms. The Kier molecular flexibility index (Phi) is 5.22. The van der Waals surface area contributed by atoms with Gasteiger partial charge < -0.3 is 5.32 Å². The van der Waals surface area contributed by atoms with Crippen LogP contribution in [-0.4, -0.2) is 15.7 Å². The summed E-state index contributed by atoms with van der Waals surface area (Å²) in [7, 11) is 0. The van der Waals surface area contributed by atoms with Crippen LogP contribution in [0, 0.1) is 37.1 Å². The molecule has 0 atom stereocenters. The molecule has 0 spiro atoms. The van der Waals surface area contributed by atoms with Crippen LogP contribution in [-0.2, 0) is 17.5 Å². The number of halogens is 8. The van der Waals surface area contributed by atoms with Crippen molar-refractivity contribution in [1.82, 2.24) is 9.78 Å². The Morgan fingerprint density at radius 1 is 1.08 bits per heavy atom. The summed E-state index contributed by atoms with van der Waals surface area (Å²) < 4.78 is 93.1. The summed E-state index contributed by atoms with van der Waals surface area (Å²) in [4.78, 5) is 11.8.